The first-order valence-electron chi connectivity index (χ1n) is 9.72. The molecule has 2 fully saturated rings. The van der Waals surface area contributed by atoms with Gasteiger partial charge in [0.25, 0.3) is 11.8 Å². The smallest absolute Gasteiger partial charge is 0.344 e. The van der Waals surface area contributed by atoms with Gasteiger partial charge in [-0.15, -0.1) is 0 Å². The number of benzene rings is 1. The molecule has 2 saturated heterocycles. The van der Waals surface area contributed by atoms with Crippen molar-refractivity contribution in [3.8, 4) is 0 Å². The zero-order valence-corrected chi connectivity index (χ0v) is 16.7. The Morgan fingerprint density at radius 3 is 2.60 bits per heavy atom. The molecular formula is C20H24N4O6. The summed E-state index contributed by atoms with van der Waals surface area (Å²) in [7, 11) is 0. The molecule has 0 spiro atoms. The highest BCUT2D eigenvalue weighted by atomic mass is 16.5. The number of ether oxygens (including phenoxy) is 1. The highest BCUT2D eigenvalue weighted by Crippen LogP contribution is 2.22. The number of hydrogen-bond donors (Lipinski definition) is 2. The van der Waals surface area contributed by atoms with Crippen molar-refractivity contribution >= 4 is 29.7 Å². The molecule has 0 unspecified atom stereocenters. The summed E-state index contributed by atoms with van der Waals surface area (Å²) in [5.41, 5.74) is 2.02. The van der Waals surface area contributed by atoms with Gasteiger partial charge in [0.05, 0.1) is 0 Å². The number of esters is 1. The van der Waals surface area contributed by atoms with Crippen molar-refractivity contribution in [1.82, 2.24) is 20.7 Å². The molecule has 2 aliphatic rings. The van der Waals surface area contributed by atoms with Crippen molar-refractivity contribution in [3.63, 3.8) is 0 Å². The molecule has 0 aromatic heterocycles. The maximum absolute atomic E-state index is 12.7. The van der Waals surface area contributed by atoms with Crippen LogP contribution in [-0.4, -0.2) is 64.9 Å². The van der Waals surface area contributed by atoms with Crippen molar-refractivity contribution in [2.45, 2.75) is 38.1 Å². The van der Waals surface area contributed by atoms with Crippen LogP contribution in [0.2, 0.25) is 0 Å². The van der Waals surface area contributed by atoms with Crippen LogP contribution in [0.3, 0.4) is 0 Å². The molecule has 2 aliphatic heterocycles. The van der Waals surface area contributed by atoms with E-state index in [4.69, 9.17) is 4.74 Å². The van der Waals surface area contributed by atoms with Crippen LogP contribution < -0.4 is 10.7 Å². The van der Waals surface area contributed by atoms with Gasteiger partial charge in [-0.25, -0.2) is 4.79 Å². The summed E-state index contributed by atoms with van der Waals surface area (Å²) in [4.78, 5) is 61.5. The standard InChI is InChI=1S/C20H24N4O6/c1-20(10-9-14-6-3-2-4-7-14)18(28)24(19(29)21-20)22-15(25)13-30-17(27)12-23-11-5-8-16(23)26/h2-4,6-7H,5,8-13H2,1H3,(H,21,29)(H,22,25)/t20-/m1/s1. The molecule has 5 amide bonds. The predicted octanol–water partition coefficient (Wildman–Crippen LogP) is 0.127. The second-order valence-corrected chi connectivity index (χ2v) is 7.50. The predicted molar refractivity (Wildman–Crippen MR) is 103 cm³/mol. The molecule has 2 heterocycles. The molecule has 3 rings (SSSR count). The van der Waals surface area contributed by atoms with Crippen LogP contribution in [0, 0.1) is 0 Å². The van der Waals surface area contributed by atoms with Crippen molar-refractivity contribution < 1.29 is 28.7 Å². The summed E-state index contributed by atoms with van der Waals surface area (Å²) in [6.07, 6.45) is 2.00. The Bertz CT molecular complexity index is 858. The van der Waals surface area contributed by atoms with E-state index in [-0.39, 0.29) is 12.5 Å². The van der Waals surface area contributed by atoms with E-state index < -0.39 is 36.0 Å². The minimum atomic E-state index is -1.16. The normalized spacial score (nSPS) is 21.0. The summed E-state index contributed by atoms with van der Waals surface area (Å²) < 4.78 is 4.84. The largest absolute Gasteiger partial charge is 0.454 e. The lowest BCUT2D eigenvalue weighted by molar-refractivity contribution is -0.153. The monoisotopic (exact) mass is 416 g/mol. The molecule has 160 valence electrons. The SMILES string of the molecule is C[C@]1(CCc2ccccc2)NC(=O)N(NC(=O)COC(=O)CN2CCCC2=O)C1=O. The van der Waals surface area contributed by atoms with E-state index in [9.17, 15) is 24.0 Å². The molecule has 1 aromatic carbocycles. The van der Waals surface area contributed by atoms with Crippen LogP contribution >= 0.6 is 0 Å². The first-order chi connectivity index (χ1) is 14.3. The zero-order chi connectivity index (χ0) is 21.7. The zero-order valence-electron chi connectivity index (χ0n) is 16.7. The Morgan fingerprint density at radius 1 is 1.20 bits per heavy atom. The van der Waals surface area contributed by atoms with E-state index in [1.165, 1.54) is 4.90 Å². The van der Waals surface area contributed by atoms with Crippen molar-refractivity contribution in [2.24, 2.45) is 0 Å². The van der Waals surface area contributed by atoms with E-state index in [2.05, 4.69) is 10.7 Å². The van der Waals surface area contributed by atoms with Crippen LogP contribution in [0.5, 0.6) is 0 Å². The fourth-order valence-electron chi connectivity index (χ4n) is 3.37. The Balaban J connectivity index is 1.47. The number of nitrogens with zero attached hydrogens (tertiary/aromatic N) is 2. The third kappa shape index (κ3) is 4.94. The molecular weight excluding hydrogens is 392 g/mol. The average Bonchev–Trinajstić information content (AvgIpc) is 3.21. The van der Waals surface area contributed by atoms with Gasteiger partial charge in [0.1, 0.15) is 12.1 Å². The van der Waals surface area contributed by atoms with Crippen molar-refractivity contribution in [3.05, 3.63) is 35.9 Å². The second kappa shape index (κ2) is 8.93. The number of imide groups is 1. The Hall–Kier alpha value is -3.43. The number of hydrogen-bond acceptors (Lipinski definition) is 6. The van der Waals surface area contributed by atoms with E-state index in [1.54, 1.807) is 6.92 Å². The number of carbonyl (C=O) groups excluding carboxylic acids is 5. The van der Waals surface area contributed by atoms with Gasteiger partial charge in [0.2, 0.25) is 5.91 Å². The lowest BCUT2D eigenvalue weighted by Gasteiger charge is -2.21. The third-order valence-corrected chi connectivity index (χ3v) is 5.11. The number of aryl methyl sites for hydroxylation is 1. The molecule has 1 atom stereocenters. The van der Waals surface area contributed by atoms with Gasteiger partial charge in [0.15, 0.2) is 6.61 Å². The van der Waals surface area contributed by atoms with Gasteiger partial charge >= 0.3 is 12.0 Å². The van der Waals surface area contributed by atoms with Crippen LogP contribution in [0.4, 0.5) is 4.79 Å². The fraction of sp³-hybridized carbons (Fsp3) is 0.450. The molecule has 0 saturated carbocycles. The van der Waals surface area contributed by atoms with Gasteiger partial charge in [-0.2, -0.15) is 5.01 Å². The number of amides is 5. The molecule has 1 aromatic rings. The molecule has 0 radical (unpaired) electrons. The van der Waals surface area contributed by atoms with Crippen molar-refractivity contribution in [2.75, 3.05) is 19.7 Å². The minimum absolute atomic E-state index is 0.134. The average molecular weight is 416 g/mol. The first-order valence-corrected chi connectivity index (χ1v) is 9.72. The topological polar surface area (TPSA) is 125 Å². The lowest BCUT2D eigenvalue weighted by atomic mass is 9.93. The van der Waals surface area contributed by atoms with Crippen LogP contribution in [0.15, 0.2) is 30.3 Å². The van der Waals surface area contributed by atoms with E-state index in [0.717, 1.165) is 5.56 Å². The summed E-state index contributed by atoms with van der Waals surface area (Å²) >= 11 is 0. The Labute approximate surface area is 173 Å². The number of hydrazine groups is 1. The molecule has 0 bridgehead atoms. The number of likely N-dealkylation sites (tertiary alicyclic amines) is 1. The van der Waals surface area contributed by atoms with Gasteiger partial charge in [-0.3, -0.25) is 24.6 Å². The highest BCUT2D eigenvalue weighted by molar-refractivity contribution is 6.07. The summed E-state index contributed by atoms with van der Waals surface area (Å²) in [5, 5.41) is 3.20. The molecule has 10 nitrogen and oxygen atoms in total. The van der Waals surface area contributed by atoms with Gasteiger partial charge in [-0.1, -0.05) is 30.3 Å². The minimum Gasteiger partial charge on any atom is -0.454 e. The number of urea groups is 1. The summed E-state index contributed by atoms with van der Waals surface area (Å²) in [5.74, 6) is -2.28. The fourth-order valence-corrected chi connectivity index (χ4v) is 3.37. The number of rotatable bonds is 8. The maximum atomic E-state index is 12.7. The van der Waals surface area contributed by atoms with Gasteiger partial charge < -0.3 is 15.0 Å². The quantitative estimate of drug-likeness (QED) is 0.458. The molecule has 10 heteroatoms. The molecule has 30 heavy (non-hydrogen) atoms. The van der Waals surface area contributed by atoms with E-state index >= 15 is 0 Å². The molecule has 0 aliphatic carbocycles. The lowest BCUT2D eigenvalue weighted by Crippen LogP contribution is -2.50. The Morgan fingerprint density at radius 2 is 1.93 bits per heavy atom. The second-order valence-electron chi connectivity index (χ2n) is 7.50. The van der Waals surface area contributed by atoms with E-state index in [1.807, 2.05) is 30.3 Å². The van der Waals surface area contributed by atoms with Crippen LogP contribution in [0.25, 0.3) is 0 Å². The summed E-state index contributed by atoms with van der Waals surface area (Å²) in [6.45, 7) is 1.17. The van der Waals surface area contributed by atoms with Gasteiger partial charge in [0, 0.05) is 13.0 Å². The van der Waals surface area contributed by atoms with E-state index in [0.29, 0.717) is 37.2 Å². The van der Waals surface area contributed by atoms with Crippen LogP contribution in [-0.2, 0) is 30.3 Å². The number of carbonyl (C=O) groups is 5. The Kier molecular flexibility index (Phi) is 6.34. The van der Waals surface area contributed by atoms with Gasteiger partial charge in [-0.05, 0) is 31.7 Å². The van der Waals surface area contributed by atoms with Crippen molar-refractivity contribution in [1.29, 1.82) is 0 Å². The maximum Gasteiger partial charge on any atom is 0.344 e. The first kappa shape index (κ1) is 21.3. The highest BCUT2D eigenvalue weighted by Gasteiger charge is 2.48. The summed E-state index contributed by atoms with van der Waals surface area (Å²) in [6, 6.07) is 8.77. The molecule has 2 N–H and O–H groups in total. The van der Waals surface area contributed by atoms with Crippen LogP contribution in [0.1, 0.15) is 31.7 Å². The number of nitrogens with one attached hydrogen (secondary N) is 2. The third-order valence-electron chi connectivity index (χ3n) is 5.11.